The topological polar surface area (TPSA) is 29.5 Å². The Kier molecular flexibility index (Phi) is 8.26. The molecule has 0 heterocycles. The number of aliphatic hydroxyl groups is 1. The van der Waals surface area contributed by atoms with Gasteiger partial charge in [0.1, 0.15) is 0 Å². The van der Waals surface area contributed by atoms with Gasteiger partial charge in [-0.2, -0.15) is 0 Å². The van der Waals surface area contributed by atoms with Gasteiger partial charge < -0.3 is 9.53 Å². The van der Waals surface area contributed by atoms with Crippen molar-refractivity contribution < 1.29 is 9.53 Å². The van der Waals surface area contributed by atoms with Crippen molar-refractivity contribution in [1.82, 2.24) is 0 Å². The van der Waals surface area contributed by atoms with Gasteiger partial charge in [-0.05, 0) is 63.2 Å². The molecule has 23 heavy (non-hydrogen) atoms. The normalized spacial score (nSPS) is 27.8. The first-order valence-corrected chi connectivity index (χ1v) is 12.0. The monoisotopic (exact) mass is 338 g/mol. The van der Waals surface area contributed by atoms with E-state index in [0.29, 0.717) is 17.9 Å². The summed E-state index contributed by atoms with van der Waals surface area (Å²) in [7, 11) is -1.61. The first-order valence-electron chi connectivity index (χ1n) is 9.49. The van der Waals surface area contributed by atoms with Crippen LogP contribution in [0.5, 0.6) is 0 Å². The summed E-state index contributed by atoms with van der Waals surface area (Å²) in [5.74, 6) is 0.854. The minimum absolute atomic E-state index is 0.297. The van der Waals surface area contributed by atoms with Gasteiger partial charge in [-0.1, -0.05) is 45.4 Å². The molecule has 0 aromatic rings. The third kappa shape index (κ3) is 5.30. The van der Waals surface area contributed by atoms with Gasteiger partial charge in [-0.3, -0.25) is 0 Å². The van der Waals surface area contributed by atoms with Crippen LogP contribution in [0.3, 0.4) is 0 Å². The van der Waals surface area contributed by atoms with Crippen LogP contribution in [0.4, 0.5) is 0 Å². The highest BCUT2D eigenvalue weighted by atomic mass is 28.4. The van der Waals surface area contributed by atoms with E-state index in [-0.39, 0.29) is 6.10 Å². The highest BCUT2D eigenvalue weighted by Gasteiger charge is 2.39. The van der Waals surface area contributed by atoms with Gasteiger partial charge in [0.25, 0.3) is 0 Å². The Balaban J connectivity index is 3.10. The standard InChI is InChI=1S/C20H38O2Si/c1-8-23(9-2,10-3)22-20-13-11-12-18(15(4)5)19(20)14-16(6)17(7)21/h14,17-21H,4,8-13H2,1-3,5-7H3/b16-14+/t17?,18-,19+,20-/m1/s1. The third-order valence-corrected chi connectivity index (χ3v) is 10.6. The van der Waals surface area contributed by atoms with Gasteiger partial charge in [0.05, 0.1) is 12.2 Å². The molecule has 0 amide bonds. The summed E-state index contributed by atoms with van der Waals surface area (Å²) < 4.78 is 6.87. The molecule has 2 nitrogen and oxygen atoms in total. The number of aliphatic hydroxyl groups excluding tert-OH is 1. The second kappa shape index (κ2) is 9.19. The first kappa shape index (κ1) is 20.7. The van der Waals surface area contributed by atoms with Crippen molar-refractivity contribution in [3.8, 4) is 0 Å². The van der Waals surface area contributed by atoms with Crippen molar-refractivity contribution in [3.05, 3.63) is 23.8 Å². The van der Waals surface area contributed by atoms with Crippen molar-refractivity contribution in [1.29, 1.82) is 0 Å². The van der Waals surface area contributed by atoms with Crippen LogP contribution in [0.15, 0.2) is 23.8 Å². The van der Waals surface area contributed by atoms with E-state index in [0.717, 1.165) is 12.0 Å². The number of hydrogen-bond acceptors (Lipinski definition) is 2. The number of hydrogen-bond donors (Lipinski definition) is 1. The van der Waals surface area contributed by atoms with Crippen LogP contribution < -0.4 is 0 Å². The Morgan fingerprint density at radius 2 is 1.78 bits per heavy atom. The average molecular weight is 339 g/mol. The molecule has 0 bridgehead atoms. The summed E-state index contributed by atoms with van der Waals surface area (Å²) in [5.41, 5.74) is 2.32. The molecule has 3 heteroatoms. The highest BCUT2D eigenvalue weighted by molar-refractivity contribution is 6.73. The smallest absolute Gasteiger partial charge is 0.192 e. The highest BCUT2D eigenvalue weighted by Crippen LogP contribution is 2.40. The van der Waals surface area contributed by atoms with Crippen molar-refractivity contribution >= 4 is 8.32 Å². The van der Waals surface area contributed by atoms with E-state index in [1.807, 2.05) is 13.8 Å². The molecule has 134 valence electrons. The molecule has 1 aliphatic rings. The van der Waals surface area contributed by atoms with Gasteiger partial charge in [0, 0.05) is 5.92 Å². The molecule has 1 N–H and O–H groups in total. The maximum absolute atomic E-state index is 9.91. The second-order valence-electron chi connectivity index (χ2n) is 7.45. The van der Waals surface area contributed by atoms with Crippen molar-refractivity contribution in [2.24, 2.45) is 11.8 Å². The predicted molar refractivity (Wildman–Crippen MR) is 103 cm³/mol. The summed E-state index contributed by atoms with van der Waals surface area (Å²) >= 11 is 0. The van der Waals surface area contributed by atoms with Gasteiger partial charge in [-0.15, -0.1) is 0 Å². The summed E-state index contributed by atoms with van der Waals surface area (Å²) in [6, 6.07) is 3.58. The number of rotatable bonds is 8. The Morgan fingerprint density at radius 3 is 2.22 bits per heavy atom. The van der Waals surface area contributed by atoms with Crippen molar-refractivity contribution in [2.45, 2.75) is 91.1 Å². The zero-order valence-electron chi connectivity index (χ0n) is 16.2. The van der Waals surface area contributed by atoms with Gasteiger partial charge in [0.2, 0.25) is 0 Å². The minimum Gasteiger partial charge on any atom is -0.413 e. The Hall–Kier alpha value is -0.383. The predicted octanol–water partition coefficient (Wildman–Crippen LogP) is 5.70. The largest absolute Gasteiger partial charge is 0.413 e. The van der Waals surface area contributed by atoms with Gasteiger partial charge in [0.15, 0.2) is 8.32 Å². The Labute approximate surface area is 145 Å². The summed E-state index contributed by atoms with van der Waals surface area (Å²) in [5, 5.41) is 9.91. The fraction of sp³-hybridized carbons (Fsp3) is 0.800. The minimum atomic E-state index is -1.61. The van der Waals surface area contributed by atoms with E-state index in [1.54, 1.807) is 0 Å². The van der Waals surface area contributed by atoms with E-state index in [9.17, 15) is 5.11 Å². The van der Waals surface area contributed by atoms with Crippen LogP contribution in [0.2, 0.25) is 18.1 Å². The van der Waals surface area contributed by atoms with Crippen LogP contribution in [-0.2, 0) is 4.43 Å². The third-order valence-electron chi connectivity index (χ3n) is 5.98. The summed E-state index contributed by atoms with van der Waals surface area (Å²) in [6.07, 6.45) is 5.77. The Bertz CT molecular complexity index is 402. The maximum atomic E-state index is 9.91. The lowest BCUT2D eigenvalue weighted by Gasteiger charge is -2.42. The molecule has 0 spiro atoms. The molecule has 0 radical (unpaired) electrons. The zero-order chi connectivity index (χ0) is 17.6. The first-order chi connectivity index (χ1) is 10.8. The van der Waals surface area contributed by atoms with Crippen molar-refractivity contribution in [2.75, 3.05) is 0 Å². The molecule has 1 saturated carbocycles. The van der Waals surface area contributed by atoms with Crippen LogP contribution in [0.1, 0.15) is 60.8 Å². The van der Waals surface area contributed by atoms with Gasteiger partial charge in [-0.25, -0.2) is 0 Å². The van der Waals surface area contributed by atoms with Crippen LogP contribution in [0.25, 0.3) is 0 Å². The lowest BCUT2D eigenvalue weighted by Crippen LogP contribution is -2.45. The van der Waals surface area contributed by atoms with E-state index in [2.05, 4.69) is 40.3 Å². The molecular weight excluding hydrogens is 300 g/mol. The van der Waals surface area contributed by atoms with Crippen LogP contribution in [0, 0.1) is 11.8 Å². The molecule has 0 aliphatic heterocycles. The maximum Gasteiger partial charge on any atom is 0.192 e. The summed E-state index contributed by atoms with van der Waals surface area (Å²) in [4.78, 5) is 0. The lowest BCUT2D eigenvalue weighted by atomic mass is 9.73. The molecule has 0 saturated heterocycles. The fourth-order valence-corrected chi connectivity index (χ4v) is 6.80. The fourth-order valence-electron chi connectivity index (χ4n) is 3.88. The average Bonchev–Trinajstić information content (AvgIpc) is 2.53. The molecule has 1 fully saturated rings. The van der Waals surface area contributed by atoms with Crippen LogP contribution >= 0.6 is 0 Å². The molecule has 0 aromatic carbocycles. The molecule has 0 aromatic heterocycles. The van der Waals surface area contributed by atoms with E-state index >= 15 is 0 Å². The molecule has 1 unspecified atom stereocenters. The summed E-state index contributed by atoms with van der Waals surface area (Å²) in [6.45, 7) is 17.2. The molecule has 4 atom stereocenters. The molecule has 1 aliphatic carbocycles. The van der Waals surface area contributed by atoms with Crippen LogP contribution in [-0.4, -0.2) is 25.6 Å². The van der Waals surface area contributed by atoms with E-state index in [4.69, 9.17) is 4.43 Å². The molecule has 1 rings (SSSR count). The van der Waals surface area contributed by atoms with E-state index in [1.165, 1.54) is 36.5 Å². The zero-order valence-corrected chi connectivity index (χ0v) is 17.2. The second-order valence-corrected chi connectivity index (χ2v) is 12.2. The lowest BCUT2D eigenvalue weighted by molar-refractivity contribution is 0.0788. The molecular formula is C20H38O2Si. The quantitative estimate of drug-likeness (QED) is 0.454. The SMILES string of the molecule is C=C(C)[C@H]1CCC[C@@H](O[Si](CC)(CC)CC)[C@H]1/C=C(\C)C(C)O. The van der Waals surface area contributed by atoms with Crippen molar-refractivity contribution in [3.63, 3.8) is 0 Å². The Morgan fingerprint density at radius 1 is 1.22 bits per heavy atom. The number of allylic oxidation sites excluding steroid dienone is 1. The van der Waals surface area contributed by atoms with E-state index < -0.39 is 8.32 Å². The van der Waals surface area contributed by atoms with Gasteiger partial charge >= 0.3 is 0 Å².